The molecule has 1 unspecified atom stereocenters. The molecule has 0 aliphatic carbocycles. The fourth-order valence-corrected chi connectivity index (χ4v) is 3.60. The molecule has 3 heterocycles. The third kappa shape index (κ3) is 5.00. The Morgan fingerprint density at radius 3 is 2.80 bits per heavy atom. The summed E-state index contributed by atoms with van der Waals surface area (Å²) < 4.78 is 7.32. The van der Waals surface area contributed by atoms with Crippen LogP contribution >= 0.6 is 0 Å². The number of nitrogens with one attached hydrogen (secondary N) is 1. The molecule has 0 fully saturated rings. The van der Waals surface area contributed by atoms with E-state index in [1.165, 1.54) is 0 Å². The lowest BCUT2D eigenvalue weighted by Crippen LogP contribution is -2.06. The molecule has 0 saturated carbocycles. The maximum absolute atomic E-state index is 6.26. The highest BCUT2D eigenvalue weighted by atomic mass is 16.5. The molecule has 3 rings (SSSR count). The second kappa shape index (κ2) is 11.4. The molecule has 6 heteroatoms. The molecule has 0 aliphatic rings. The number of fused-ring (bicyclic) bond motifs is 1. The van der Waals surface area contributed by atoms with Crippen LogP contribution in [0, 0.1) is 6.92 Å². The Balaban J connectivity index is 0.00000155. The van der Waals surface area contributed by atoms with Crippen LogP contribution < -0.4 is 5.73 Å². The Hall–Kier alpha value is -2.86. The fraction of sp³-hybridized carbons (Fsp3) is 0.417. The van der Waals surface area contributed by atoms with E-state index in [4.69, 9.17) is 15.5 Å². The van der Waals surface area contributed by atoms with E-state index in [0.29, 0.717) is 11.7 Å². The first-order chi connectivity index (χ1) is 14.6. The van der Waals surface area contributed by atoms with Crippen LogP contribution in [0.4, 0.5) is 5.82 Å². The Kier molecular flexibility index (Phi) is 8.87. The highest BCUT2D eigenvalue weighted by Crippen LogP contribution is 2.33. The Morgan fingerprint density at radius 1 is 1.37 bits per heavy atom. The third-order valence-electron chi connectivity index (χ3n) is 5.09. The molecular weight excluding hydrogens is 374 g/mol. The summed E-state index contributed by atoms with van der Waals surface area (Å²) in [5, 5.41) is 0. The third-order valence-corrected chi connectivity index (χ3v) is 5.09. The highest BCUT2D eigenvalue weighted by Gasteiger charge is 2.22. The summed E-state index contributed by atoms with van der Waals surface area (Å²) in [6.45, 7) is 12.7. The van der Waals surface area contributed by atoms with E-state index in [-0.39, 0.29) is 0 Å². The molecule has 3 aromatic heterocycles. The molecule has 0 spiro atoms. The van der Waals surface area contributed by atoms with E-state index < -0.39 is 0 Å². The Morgan fingerprint density at radius 2 is 2.13 bits per heavy atom. The highest BCUT2D eigenvalue weighted by molar-refractivity contribution is 5.85. The predicted molar refractivity (Wildman–Crippen MR) is 127 cm³/mol. The number of hydrogen-bond acceptors (Lipinski definition) is 4. The molecule has 30 heavy (non-hydrogen) atoms. The zero-order chi connectivity index (χ0) is 22.1. The summed E-state index contributed by atoms with van der Waals surface area (Å²) in [6.07, 6.45) is 12.4. The van der Waals surface area contributed by atoms with Crippen molar-refractivity contribution in [2.75, 3.05) is 19.5 Å². The number of hydrogen-bond donors (Lipinski definition) is 2. The second-order valence-electron chi connectivity index (χ2n) is 6.95. The lowest BCUT2D eigenvalue weighted by Gasteiger charge is -2.13. The largest absolute Gasteiger partial charge is 0.385 e. The smallest absolute Gasteiger partial charge is 0.150 e. The van der Waals surface area contributed by atoms with Crippen molar-refractivity contribution < 1.29 is 4.74 Å². The van der Waals surface area contributed by atoms with Gasteiger partial charge in [0.1, 0.15) is 22.9 Å². The second-order valence-corrected chi connectivity index (χ2v) is 6.95. The predicted octanol–water partition coefficient (Wildman–Crippen LogP) is 5.76. The van der Waals surface area contributed by atoms with Crippen molar-refractivity contribution in [1.29, 1.82) is 0 Å². The summed E-state index contributed by atoms with van der Waals surface area (Å²) in [5.41, 5.74) is 11.1. The number of imidazole rings is 1. The van der Waals surface area contributed by atoms with Crippen molar-refractivity contribution in [1.82, 2.24) is 19.4 Å². The minimum atomic E-state index is 0.328. The van der Waals surface area contributed by atoms with Gasteiger partial charge < -0.3 is 15.5 Å². The van der Waals surface area contributed by atoms with E-state index in [9.17, 15) is 0 Å². The van der Waals surface area contributed by atoms with Gasteiger partial charge in [0.05, 0.1) is 5.69 Å². The summed E-state index contributed by atoms with van der Waals surface area (Å²) in [7, 11) is 1.74. The number of H-pyrrole nitrogens is 1. The van der Waals surface area contributed by atoms with Gasteiger partial charge in [-0.15, -0.1) is 0 Å². The topological polar surface area (TPSA) is 81.2 Å². The maximum atomic E-state index is 6.26. The molecule has 0 amide bonds. The fourth-order valence-electron chi connectivity index (χ4n) is 3.60. The number of nitrogen functional groups attached to an aromatic ring is 1. The molecule has 0 aromatic carbocycles. The number of ether oxygens (including phenoxy) is 1. The van der Waals surface area contributed by atoms with Crippen molar-refractivity contribution in [3.8, 4) is 11.4 Å². The van der Waals surface area contributed by atoms with Gasteiger partial charge in [0.2, 0.25) is 0 Å². The van der Waals surface area contributed by atoms with Crippen LogP contribution in [0.15, 0.2) is 37.2 Å². The van der Waals surface area contributed by atoms with Gasteiger partial charge in [-0.2, -0.15) is 0 Å². The van der Waals surface area contributed by atoms with E-state index in [2.05, 4.69) is 33.9 Å². The van der Waals surface area contributed by atoms with E-state index >= 15 is 0 Å². The van der Waals surface area contributed by atoms with E-state index in [1.807, 2.05) is 39.1 Å². The van der Waals surface area contributed by atoms with Crippen LogP contribution in [-0.4, -0.2) is 33.1 Å². The molecule has 162 valence electrons. The lowest BCUT2D eigenvalue weighted by atomic mass is 10.00. The first-order valence-corrected chi connectivity index (χ1v) is 10.7. The number of aryl methyl sites for hydroxylation is 1. The normalized spacial score (nSPS) is 12.2. The number of aromatic nitrogens is 4. The minimum absolute atomic E-state index is 0.328. The standard InChI is InChI=1S/C22H29N5O.C2H6/c1-5-7-9-17-14-18(25-15(17)3)19-20-21(23)24-11-12-27(20)22(26-19)16(6-2)10-8-13-28-4;1-2/h5,7,9,11-12,14,16,25H,1,6,8,10,13H2,2-4H3,(H2,23,24);1-2H3/b9-7-;. The first kappa shape index (κ1) is 23.4. The molecule has 0 saturated heterocycles. The van der Waals surface area contributed by atoms with Gasteiger partial charge in [-0.05, 0) is 37.8 Å². The Bertz CT molecular complexity index is 983. The van der Waals surface area contributed by atoms with Gasteiger partial charge in [0, 0.05) is 37.7 Å². The van der Waals surface area contributed by atoms with Crippen molar-refractivity contribution >= 4 is 17.4 Å². The summed E-state index contributed by atoms with van der Waals surface area (Å²) in [4.78, 5) is 12.8. The van der Waals surface area contributed by atoms with Crippen molar-refractivity contribution in [3.63, 3.8) is 0 Å². The van der Waals surface area contributed by atoms with Crippen molar-refractivity contribution in [3.05, 3.63) is 54.3 Å². The molecule has 0 aliphatic heterocycles. The molecule has 6 nitrogen and oxygen atoms in total. The monoisotopic (exact) mass is 409 g/mol. The number of allylic oxidation sites excluding steroid dienone is 2. The molecular formula is C24H35N5O. The molecule has 3 N–H and O–H groups in total. The zero-order valence-corrected chi connectivity index (χ0v) is 18.9. The van der Waals surface area contributed by atoms with Gasteiger partial charge >= 0.3 is 0 Å². The van der Waals surface area contributed by atoms with Crippen LogP contribution in [0.1, 0.15) is 63.0 Å². The van der Waals surface area contributed by atoms with Gasteiger partial charge in [-0.25, -0.2) is 9.97 Å². The van der Waals surface area contributed by atoms with Crippen LogP contribution in [0.5, 0.6) is 0 Å². The average Bonchev–Trinajstić information content (AvgIpc) is 3.33. The number of aromatic amines is 1. The SMILES string of the molecule is C=C/C=C\c1cc(-c2nc(C(CC)CCCOC)n3ccnc(N)c23)[nH]c1C.CC. The number of methoxy groups -OCH3 is 1. The molecule has 3 aromatic rings. The quantitative estimate of drug-likeness (QED) is 0.348. The summed E-state index contributed by atoms with van der Waals surface area (Å²) in [6, 6.07) is 2.10. The van der Waals surface area contributed by atoms with E-state index in [0.717, 1.165) is 59.9 Å². The van der Waals surface area contributed by atoms with Crippen LogP contribution in [-0.2, 0) is 4.74 Å². The van der Waals surface area contributed by atoms with Gasteiger partial charge in [0.25, 0.3) is 0 Å². The molecule has 0 bridgehead atoms. The lowest BCUT2D eigenvalue weighted by molar-refractivity contribution is 0.190. The number of anilines is 1. The maximum Gasteiger partial charge on any atom is 0.150 e. The van der Waals surface area contributed by atoms with Gasteiger partial charge in [-0.1, -0.05) is 45.6 Å². The molecule has 1 atom stereocenters. The van der Waals surface area contributed by atoms with Crippen LogP contribution in [0.3, 0.4) is 0 Å². The van der Waals surface area contributed by atoms with Gasteiger partial charge in [0.15, 0.2) is 0 Å². The summed E-state index contributed by atoms with van der Waals surface area (Å²) in [5.74, 6) is 1.83. The number of nitrogens with zero attached hydrogens (tertiary/aromatic N) is 3. The number of nitrogens with two attached hydrogens (primary N) is 1. The van der Waals surface area contributed by atoms with E-state index in [1.54, 1.807) is 19.4 Å². The summed E-state index contributed by atoms with van der Waals surface area (Å²) >= 11 is 0. The Labute approximate surface area is 179 Å². The average molecular weight is 410 g/mol. The van der Waals surface area contributed by atoms with Crippen molar-refractivity contribution in [2.45, 2.75) is 52.9 Å². The first-order valence-electron chi connectivity index (χ1n) is 10.7. The number of rotatable bonds is 9. The minimum Gasteiger partial charge on any atom is -0.385 e. The van der Waals surface area contributed by atoms with Gasteiger partial charge in [-0.3, -0.25) is 4.40 Å². The van der Waals surface area contributed by atoms with Crippen molar-refractivity contribution in [2.24, 2.45) is 0 Å². The zero-order valence-electron chi connectivity index (χ0n) is 18.9. The molecule has 0 radical (unpaired) electrons. The van der Waals surface area contributed by atoms with Crippen LogP contribution in [0.25, 0.3) is 23.0 Å². The van der Waals surface area contributed by atoms with Crippen LogP contribution in [0.2, 0.25) is 0 Å².